The van der Waals surface area contributed by atoms with E-state index in [1.54, 1.807) is 26.6 Å². The third-order valence-electron chi connectivity index (χ3n) is 2.34. The second-order valence-electron chi connectivity index (χ2n) is 3.43. The Kier molecular flexibility index (Phi) is 5.77. The third-order valence-corrected chi connectivity index (χ3v) is 2.34. The molecule has 3 N–H and O–H groups in total. The van der Waals surface area contributed by atoms with Crippen LogP contribution in [0.1, 0.15) is 5.56 Å². The van der Waals surface area contributed by atoms with E-state index in [4.69, 9.17) is 15.2 Å². The first-order valence-electron chi connectivity index (χ1n) is 5.20. The first kappa shape index (κ1) is 12.9. The number of aromatic nitrogens is 1. The van der Waals surface area contributed by atoms with Gasteiger partial charge in [-0.2, -0.15) is 0 Å². The van der Waals surface area contributed by atoms with Gasteiger partial charge in [0, 0.05) is 33.5 Å². The van der Waals surface area contributed by atoms with Crippen LogP contribution in [-0.4, -0.2) is 38.5 Å². The van der Waals surface area contributed by atoms with Gasteiger partial charge in [0.2, 0.25) is 0 Å². The van der Waals surface area contributed by atoms with E-state index in [0.29, 0.717) is 19.7 Å². The minimum absolute atomic E-state index is 0.0239. The molecule has 1 heterocycles. The van der Waals surface area contributed by atoms with Crippen molar-refractivity contribution in [3.05, 3.63) is 24.0 Å². The number of hydrogen-bond donors (Lipinski definition) is 2. The zero-order valence-corrected chi connectivity index (χ0v) is 9.77. The van der Waals surface area contributed by atoms with Crippen molar-refractivity contribution in [2.75, 3.05) is 32.7 Å². The SMILES string of the molecule is COCC(CNc1cnccc1CN)OC. The van der Waals surface area contributed by atoms with Gasteiger partial charge in [0.25, 0.3) is 0 Å². The molecule has 5 heteroatoms. The molecule has 0 fully saturated rings. The Hall–Kier alpha value is -1.17. The fourth-order valence-electron chi connectivity index (χ4n) is 1.38. The number of nitrogens with one attached hydrogen (secondary N) is 1. The first-order valence-corrected chi connectivity index (χ1v) is 5.20. The van der Waals surface area contributed by atoms with Crippen LogP contribution in [0.15, 0.2) is 18.5 Å². The highest BCUT2D eigenvalue weighted by molar-refractivity contribution is 5.48. The molecular weight excluding hydrogens is 206 g/mol. The second-order valence-corrected chi connectivity index (χ2v) is 3.43. The number of pyridine rings is 1. The van der Waals surface area contributed by atoms with Crippen molar-refractivity contribution in [3.63, 3.8) is 0 Å². The maximum atomic E-state index is 5.62. The lowest BCUT2D eigenvalue weighted by molar-refractivity contribution is 0.0365. The Morgan fingerprint density at radius 1 is 1.50 bits per heavy atom. The molecule has 1 atom stereocenters. The predicted octanol–water partition coefficient (Wildman–Crippen LogP) is 0.614. The van der Waals surface area contributed by atoms with Crippen LogP contribution in [0, 0.1) is 0 Å². The van der Waals surface area contributed by atoms with Gasteiger partial charge in [0.15, 0.2) is 0 Å². The van der Waals surface area contributed by atoms with E-state index in [0.717, 1.165) is 11.3 Å². The molecule has 0 aliphatic heterocycles. The summed E-state index contributed by atoms with van der Waals surface area (Å²) in [4.78, 5) is 4.05. The fourth-order valence-corrected chi connectivity index (χ4v) is 1.38. The molecular formula is C11H19N3O2. The number of ether oxygens (including phenoxy) is 2. The van der Waals surface area contributed by atoms with Crippen molar-refractivity contribution < 1.29 is 9.47 Å². The van der Waals surface area contributed by atoms with Crippen LogP contribution in [0.25, 0.3) is 0 Å². The van der Waals surface area contributed by atoms with E-state index >= 15 is 0 Å². The first-order chi connectivity index (χ1) is 7.81. The lowest BCUT2D eigenvalue weighted by atomic mass is 10.2. The molecule has 0 aromatic carbocycles. The molecule has 1 aromatic heterocycles. The van der Waals surface area contributed by atoms with E-state index in [-0.39, 0.29) is 6.10 Å². The fraction of sp³-hybridized carbons (Fsp3) is 0.545. The summed E-state index contributed by atoms with van der Waals surface area (Å²) < 4.78 is 10.3. The van der Waals surface area contributed by atoms with Crippen LogP contribution in [0.4, 0.5) is 5.69 Å². The lowest BCUT2D eigenvalue weighted by Gasteiger charge is -2.17. The van der Waals surface area contributed by atoms with Crippen LogP contribution in [0.5, 0.6) is 0 Å². The molecule has 0 saturated heterocycles. The third kappa shape index (κ3) is 3.77. The molecule has 0 aliphatic carbocycles. The quantitative estimate of drug-likeness (QED) is 0.711. The maximum absolute atomic E-state index is 5.62. The van der Waals surface area contributed by atoms with Gasteiger partial charge >= 0.3 is 0 Å². The van der Waals surface area contributed by atoms with E-state index in [9.17, 15) is 0 Å². The molecule has 0 spiro atoms. The molecule has 0 saturated carbocycles. The Morgan fingerprint density at radius 3 is 2.94 bits per heavy atom. The van der Waals surface area contributed by atoms with Gasteiger partial charge in [-0.25, -0.2) is 0 Å². The smallest absolute Gasteiger partial charge is 0.0976 e. The van der Waals surface area contributed by atoms with Crippen molar-refractivity contribution in [2.24, 2.45) is 5.73 Å². The van der Waals surface area contributed by atoms with Gasteiger partial charge in [-0.15, -0.1) is 0 Å². The molecule has 5 nitrogen and oxygen atoms in total. The van der Waals surface area contributed by atoms with Gasteiger partial charge in [-0.1, -0.05) is 0 Å². The summed E-state index contributed by atoms with van der Waals surface area (Å²) in [6.07, 6.45) is 3.52. The minimum atomic E-state index is 0.0239. The van der Waals surface area contributed by atoms with Crippen molar-refractivity contribution in [1.82, 2.24) is 4.98 Å². The molecule has 0 amide bonds. The van der Waals surface area contributed by atoms with E-state index < -0.39 is 0 Å². The summed E-state index contributed by atoms with van der Waals surface area (Å²) in [5.74, 6) is 0. The van der Waals surface area contributed by atoms with E-state index in [2.05, 4.69) is 10.3 Å². The molecule has 0 radical (unpaired) electrons. The number of anilines is 1. The van der Waals surface area contributed by atoms with Gasteiger partial charge in [0.1, 0.15) is 0 Å². The molecule has 1 rings (SSSR count). The highest BCUT2D eigenvalue weighted by Crippen LogP contribution is 2.12. The molecule has 1 unspecified atom stereocenters. The largest absolute Gasteiger partial charge is 0.382 e. The normalized spacial score (nSPS) is 12.4. The van der Waals surface area contributed by atoms with Crippen LogP contribution >= 0.6 is 0 Å². The Labute approximate surface area is 96.0 Å². The zero-order chi connectivity index (χ0) is 11.8. The topological polar surface area (TPSA) is 69.4 Å². The van der Waals surface area contributed by atoms with Gasteiger partial charge in [-0.05, 0) is 11.6 Å². The monoisotopic (exact) mass is 225 g/mol. The van der Waals surface area contributed by atoms with E-state index in [1.807, 2.05) is 6.07 Å². The number of hydrogen-bond acceptors (Lipinski definition) is 5. The summed E-state index contributed by atoms with van der Waals surface area (Å²) in [5.41, 5.74) is 7.62. The Balaban J connectivity index is 2.52. The lowest BCUT2D eigenvalue weighted by Crippen LogP contribution is -2.27. The molecule has 0 bridgehead atoms. The van der Waals surface area contributed by atoms with Crippen molar-refractivity contribution >= 4 is 5.69 Å². The highest BCUT2D eigenvalue weighted by Gasteiger charge is 2.07. The van der Waals surface area contributed by atoms with E-state index in [1.165, 1.54) is 0 Å². The Morgan fingerprint density at radius 2 is 2.31 bits per heavy atom. The average Bonchev–Trinajstić information content (AvgIpc) is 2.34. The van der Waals surface area contributed by atoms with Crippen LogP contribution in [-0.2, 0) is 16.0 Å². The molecule has 16 heavy (non-hydrogen) atoms. The molecule has 90 valence electrons. The number of nitrogens with zero attached hydrogens (tertiary/aromatic N) is 1. The summed E-state index contributed by atoms with van der Waals surface area (Å²) in [6, 6.07) is 1.90. The molecule has 0 aliphatic rings. The highest BCUT2D eigenvalue weighted by atomic mass is 16.5. The Bertz CT molecular complexity index is 307. The van der Waals surface area contributed by atoms with Gasteiger partial charge in [-0.3, -0.25) is 4.98 Å². The van der Waals surface area contributed by atoms with Gasteiger partial charge < -0.3 is 20.5 Å². The standard InChI is InChI=1S/C11H19N3O2/c1-15-8-10(16-2)6-14-11-7-13-4-3-9(11)5-12/h3-4,7,10,14H,5-6,8,12H2,1-2H3. The maximum Gasteiger partial charge on any atom is 0.0976 e. The number of methoxy groups -OCH3 is 2. The summed E-state index contributed by atoms with van der Waals surface area (Å²) in [7, 11) is 3.32. The summed E-state index contributed by atoms with van der Waals surface area (Å²) in [5, 5.41) is 3.25. The van der Waals surface area contributed by atoms with Crippen molar-refractivity contribution in [1.29, 1.82) is 0 Å². The average molecular weight is 225 g/mol. The minimum Gasteiger partial charge on any atom is -0.382 e. The van der Waals surface area contributed by atoms with Gasteiger partial charge in [0.05, 0.1) is 24.6 Å². The van der Waals surface area contributed by atoms with Crippen molar-refractivity contribution in [2.45, 2.75) is 12.6 Å². The number of nitrogens with two attached hydrogens (primary N) is 1. The molecule has 1 aromatic rings. The second kappa shape index (κ2) is 7.16. The predicted molar refractivity (Wildman–Crippen MR) is 63.3 cm³/mol. The van der Waals surface area contributed by atoms with Crippen LogP contribution < -0.4 is 11.1 Å². The zero-order valence-electron chi connectivity index (χ0n) is 9.77. The van der Waals surface area contributed by atoms with Crippen molar-refractivity contribution in [3.8, 4) is 0 Å². The van der Waals surface area contributed by atoms with Crippen LogP contribution in [0.3, 0.4) is 0 Å². The summed E-state index contributed by atoms with van der Waals surface area (Å²) >= 11 is 0. The summed E-state index contributed by atoms with van der Waals surface area (Å²) in [6.45, 7) is 1.72. The number of rotatable bonds is 7. The van der Waals surface area contributed by atoms with Crippen LogP contribution in [0.2, 0.25) is 0 Å².